The Hall–Kier alpha value is -0.670. The highest BCUT2D eigenvalue weighted by molar-refractivity contribution is 6.30. The highest BCUT2D eigenvalue weighted by Crippen LogP contribution is 2.34. The normalized spacial score (nSPS) is 15.9. The molecule has 0 spiro atoms. The van der Waals surface area contributed by atoms with Crippen LogP contribution >= 0.6 is 11.6 Å². The monoisotopic (exact) mass is 212 g/mol. The first-order chi connectivity index (χ1) is 6.70. The first-order valence-corrected chi connectivity index (χ1v) is 5.21. The maximum Gasteiger partial charge on any atom is 0.155 e. The Labute approximate surface area is 88.2 Å². The molecular weight excluding hydrogens is 200 g/mol. The first kappa shape index (κ1) is 9.87. The van der Waals surface area contributed by atoms with Gasteiger partial charge >= 0.3 is 0 Å². The molecule has 0 radical (unpaired) electrons. The predicted molar refractivity (Wildman–Crippen MR) is 54.1 cm³/mol. The van der Waals surface area contributed by atoms with Gasteiger partial charge in [0.15, 0.2) is 5.82 Å². The van der Waals surface area contributed by atoms with Crippen LogP contribution in [0.15, 0.2) is 0 Å². The summed E-state index contributed by atoms with van der Waals surface area (Å²) in [5, 5.41) is 9.40. The number of aliphatic hydroxyl groups is 1. The Morgan fingerprint density at radius 3 is 2.64 bits per heavy atom. The molecule has 1 N–H and O–H groups in total. The van der Waals surface area contributed by atoms with E-state index in [1.54, 1.807) is 0 Å². The maximum absolute atomic E-state index is 8.89. The number of aryl methyl sites for hydroxylation is 1. The molecule has 14 heavy (non-hydrogen) atoms. The molecule has 0 amide bonds. The number of aliphatic hydroxyl groups excluding tert-OH is 1. The van der Waals surface area contributed by atoms with Crippen molar-refractivity contribution in [2.75, 3.05) is 0 Å². The van der Waals surface area contributed by atoms with Gasteiger partial charge in [0.1, 0.15) is 11.8 Å². The van der Waals surface area contributed by atoms with Gasteiger partial charge < -0.3 is 5.11 Å². The Morgan fingerprint density at radius 1 is 1.43 bits per heavy atom. The molecule has 4 heteroatoms. The van der Waals surface area contributed by atoms with Crippen molar-refractivity contribution in [1.29, 1.82) is 0 Å². The van der Waals surface area contributed by atoms with Gasteiger partial charge in [0.05, 0.1) is 0 Å². The van der Waals surface area contributed by atoms with Crippen molar-refractivity contribution in [3.05, 3.63) is 22.2 Å². The van der Waals surface area contributed by atoms with Crippen molar-refractivity contribution < 1.29 is 5.11 Å². The van der Waals surface area contributed by atoms with Gasteiger partial charge in [-0.3, -0.25) is 0 Å². The van der Waals surface area contributed by atoms with E-state index in [9.17, 15) is 0 Å². The predicted octanol–water partition coefficient (Wildman–Crippen LogP) is 1.88. The van der Waals surface area contributed by atoms with E-state index in [0.717, 1.165) is 23.6 Å². The minimum Gasteiger partial charge on any atom is -0.388 e. The second-order valence-corrected chi connectivity index (χ2v) is 4.16. The van der Waals surface area contributed by atoms with E-state index in [1.807, 2.05) is 6.92 Å². The van der Waals surface area contributed by atoms with Gasteiger partial charge in [0.25, 0.3) is 0 Å². The number of hydrogen-bond donors (Lipinski definition) is 1. The molecule has 76 valence electrons. The molecule has 1 aliphatic rings. The smallest absolute Gasteiger partial charge is 0.155 e. The summed E-state index contributed by atoms with van der Waals surface area (Å²) in [4.78, 5) is 8.23. The summed E-state index contributed by atoms with van der Waals surface area (Å²) >= 11 is 6.02. The van der Waals surface area contributed by atoms with E-state index in [0.29, 0.717) is 11.0 Å². The molecule has 0 saturated heterocycles. The van der Waals surface area contributed by atoms with E-state index in [2.05, 4.69) is 9.97 Å². The van der Waals surface area contributed by atoms with E-state index in [-0.39, 0.29) is 6.61 Å². The van der Waals surface area contributed by atoms with Gasteiger partial charge in [-0.25, -0.2) is 9.97 Å². The molecule has 3 nitrogen and oxygen atoms in total. The van der Waals surface area contributed by atoms with E-state index < -0.39 is 0 Å². The molecule has 2 rings (SSSR count). The number of hydrogen-bond acceptors (Lipinski definition) is 3. The number of nitrogens with zero attached hydrogens (tertiary/aromatic N) is 2. The molecule has 1 aromatic rings. The van der Waals surface area contributed by atoms with Crippen molar-refractivity contribution in [3.8, 4) is 0 Å². The number of aromatic nitrogens is 2. The van der Waals surface area contributed by atoms with Gasteiger partial charge in [-0.2, -0.15) is 0 Å². The average molecular weight is 213 g/mol. The molecular formula is C10H13ClN2O. The lowest BCUT2D eigenvalue weighted by molar-refractivity contribution is 0.271. The highest BCUT2D eigenvalue weighted by atomic mass is 35.5. The summed E-state index contributed by atoms with van der Waals surface area (Å²) in [5.41, 5.74) is 1.95. The van der Waals surface area contributed by atoms with Crippen LogP contribution in [0.4, 0.5) is 0 Å². The lowest BCUT2D eigenvalue weighted by Crippen LogP contribution is -2.03. The third kappa shape index (κ3) is 2.04. The minimum absolute atomic E-state index is 0.149. The Morgan fingerprint density at radius 2 is 2.14 bits per heavy atom. The van der Waals surface area contributed by atoms with Crippen LogP contribution < -0.4 is 0 Å². The summed E-state index contributed by atoms with van der Waals surface area (Å²) in [5.74, 6) is 1.18. The van der Waals surface area contributed by atoms with Crippen LogP contribution in [0.3, 0.4) is 0 Å². The van der Waals surface area contributed by atoms with E-state index in [1.165, 1.54) is 12.8 Å². The van der Waals surface area contributed by atoms with E-state index in [4.69, 9.17) is 16.7 Å². The molecule has 1 aliphatic carbocycles. The SMILES string of the molecule is Cc1nc(CO)nc(Cl)c1CC1CC1. The molecule has 1 aromatic heterocycles. The van der Waals surface area contributed by atoms with Gasteiger partial charge in [0, 0.05) is 11.3 Å². The zero-order valence-corrected chi connectivity index (χ0v) is 8.88. The van der Waals surface area contributed by atoms with Crippen LogP contribution in [0, 0.1) is 12.8 Å². The Balaban J connectivity index is 2.28. The van der Waals surface area contributed by atoms with Gasteiger partial charge in [0.2, 0.25) is 0 Å². The molecule has 0 aliphatic heterocycles. The molecule has 1 fully saturated rings. The third-order valence-corrected chi connectivity index (χ3v) is 2.85. The minimum atomic E-state index is -0.149. The van der Waals surface area contributed by atoms with Gasteiger partial charge in [-0.15, -0.1) is 0 Å². The summed E-state index contributed by atoms with van der Waals surface area (Å²) in [7, 11) is 0. The third-order valence-electron chi connectivity index (χ3n) is 2.54. The zero-order valence-electron chi connectivity index (χ0n) is 8.13. The second-order valence-electron chi connectivity index (χ2n) is 3.80. The molecule has 1 heterocycles. The number of halogens is 1. The Bertz CT molecular complexity index is 327. The quantitative estimate of drug-likeness (QED) is 0.779. The summed E-state index contributed by atoms with van der Waals surface area (Å²) in [6.07, 6.45) is 3.56. The lowest BCUT2D eigenvalue weighted by atomic mass is 10.1. The largest absolute Gasteiger partial charge is 0.388 e. The second kappa shape index (κ2) is 3.83. The fraction of sp³-hybridized carbons (Fsp3) is 0.600. The van der Waals surface area contributed by atoms with E-state index >= 15 is 0 Å². The van der Waals surface area contributed by atoms with Crippen molar-refractivity contribution in [2.24, 2.45) is 5.92 Å². The number of rotatable bonds is 3. The maximum atomic E-state index is 8.89. The van der Waals surface area contributed by atoms with Crippen LogP contribution in [-0.4, -0.2) is 15.1 Å². The Kier molecular flexibility index (Phi) is 2.70. The summed E-state index contributed by atoms with van der Waals surface area (Å²) in [6, 6.07) is 0. The van der Waals surface area contributed by atoms with Crippen molar-refractivity contribution >= 4 is 11.6 Å². The van der Waals surface area contributed by atoms with Crippen LogP contribution in [0.25, 0.3) is 0 Å². The molecule has 0 aromatic carbocycles. The standard InChI is InChI=1S/C10H13ClN2O/c1-6-8(4-7-2-3-7)10(11)13-9(5-14)12-6/h7,14H,2-5H2,1H3. The molecule has 0 atom stereocenters. The average Bonchev–Trinajstić information content (AvgIpc) is 2.94. The lowest BCUT2D eigenvalue weighted by Gasteiger charge is -2.07. The van der Waals surface area contributed by atoms with Gasteiger partial charge in [-0.1, -0.05) is 11.6 Å². The summed E-state index contributed by atoms with van der Waals surface area (Å²) < 4.78 is 0. The van der Waals surface area contributed by atoms with Crippen LogP contribution in [0.2, 0.25) is 5.15 Å². The fourth-order valence-electron chi connectivity index (χ4n) is 1.53. The van der Waals surface area contributed by atoms with Crippen molar-refractivity contribution in [2.45, 2.75) is 32.8 Å². The topological polar surface area (TPSA) is 46.0 Å². The van der Waals surface area contributed by atoms with Crippen LogP contribution in [-0.2, 0) is 13.0 Å². The first-order valence-electron chi connectivity index (χ1n) is 4.83. The zero-order chi connectivity index (χ0) is 10.1. The summed E-state index contributed by atoms with van der Waals surface area (Å²) in [6.45, 7) is 1.77. The van der Waals surface area contributed by atoms with Gasteiger partial charge in [-0.05, 0) is 32.1 Å². The highest BCUT2D eigenvalue weighted by Gasteiger charge is 2.24. The molecule has 1 saturated carbocycles. The van der Waals surface area contributed by atoms with Crippen molar-refractivity contribution in [1.82, 2.24) is 9.97 Å². The molecule has 0 bridgehead atoms. The van der Waals surface area contributed by atoms with Crippen LogP contribution in [0.1, 0.15) is 29.9 Å². The van der Waals surface area contributed by atoms with Crippen LogP contribution in [0.5, 0.6) is 0 Å². The van der Waals surface area contributed by atoms with Crippen molar-refractivity contribution in [3.63, 3.8) is 0 Å². The fourth-order valence-corrected chi connectivity index (χ4v) is 1.84. The molecule has 0 unspecified atom stereocenters.